The molecule has 0 fully saturated rings. The highest BCUT2D eigenvalue weighted by Gasteiger charge is 1.82. The molecule has 0 saturated carbocycles. The lowest BCUT2D eigenvalue weighted by molar-refractivity contribution is 0.131. The topological polar surface area (TPSA) is 18.5 Å². The lowest BCUT2D eigenvalue weighted by Gasteiger charge is -1.97. The third kappa shape index (κ3) is 6.27. The summed E-state index contributed by atoms with van der Waals surface area (Å²) < 4.78 is 9.70. The van der Waals surface area contributed by atoms with E-state index in [0.717, 1.165) is 19.6 Å². The van der Waals surface area contributed by atoms with Crippen molar-refractivity contribution in [3.63, 3.8) is 0 Å². The molecule has 0 N–H and O–H groups in total. The van der Waals surface area contributed by atoms with Crippen LogP contribution in [0.5, 0.6) is 0 Å². The first-order chi connectivity index (χ1) is 3.91. The van der Waals surface area contributed by atoms with Crippen LogP contribution in [0.25, 0.3) is 0 Å². The lowest BCUT2D eigenvalue weighted by atomic mass is 10.5. The van der Waals surface area contributed by atoms with Crippen LogP contribution in [0.4, 0.5) is 0 Å². The predicted octanol–water partition coefficient (Wildman–Crippen LogP) is 0.927. The fourth-order valence-electron chi connectivity index (χ4n) is 0.370. The maximum atomic E-state index is 4.92. The van der Waals surface area contributed by atoms with E-state index in [2.05, 4.69) is 12.6 Å². The van der Waals surface area contributed by atoms with Gasteiger partial charge in [-0.05, 0) is 6.42 Å². The van der Waals surface area contributed by atoms with Crippen molar-refractivity contribution in [1.82, 2.24) is 0 Å². The van der Waals surface area contributed by atoms with Gasteiger partial charge in [-0.1, -0.05) is 0 Å². The second kappa shape index (κ2) is 7.27. The summed E-state index contributed by atoms with van der Waals surface area (Å²) in [5, 5.41) is 0. The molecular weight excluding hydrogens is 124 g/mol. The van der Waals surface area contributed by atoms with Gasteiger partial charge in [0.2, 0.25) is 0 Å². The van der Waals surface area contributed by atoms with Crippen LogP contribution in [0.15, 0.2) is 0 Å². The summed E-state index contributed by atoms with van der Waals surface area (Å²) in [6, 6.07) is 0. The molecule has 0 aliphatic heterocycles. The van der Waals surface area contributed by atoms with Gasteiger partial charge in [-0.3, -0.25) is 0 Å². The fourth-order valence-corrected chi connectivity index (χ4v) is 0.499. The van der Waals surface area contributed by atoms with E-state index in [-0.39, 0.29) is 0 Å². The van der Waals surface area contributed by atoms with Gasteiger partial charge in [0.25, 0.3) is 0 Å². The van der Waals surface area contributed by atoms with Crippen molar-refractivity contribution in [3.8, 4) is 0 Å². The van der Waals surface area contributed by atoms with Crippen LogP contribution in [-0.4, -0.2) is 26.3 Å². The van der Waals surface area contributed by atoms with Crippen molar-refractivity contribution >= 4 is 12.6 Å². The number of ether oxygens (including phenoxy) is 2. The van der Waals surface area contributed by atoms with E-state index < -0.39 is 0 Å². The molecule has 0 aromatic rings. The zero-order chi connectivity index (χ0) is 6.24. The van der Waals surface area contributed by atoms with Gasteiger partial charge in [0.15, 0.2) is 0 Å². The summed E-state index contributed by atoms with van der Waals surface area (Å²) in [6.07, 6.45) is 0.955. The van der Waals surface area contributed by atoms with Gasteiger partial charge in [-0.25, -0.2) is 0 Å². The Morgan fingerprint density at radius 1 is 1.38 bits per heavy atom. The normalized spacial score (nSPS) is 9.75. The van der Waals surface area contributed by atoms with Gasteiger partial charge < -0.3 is 9.47 Å². The molecule has 0 rings (SSSR count). The minimum atomic E-state index is 0.504. The van der Waals surface area contributed by atoms with Crippen molar-refractivity contribution in [2.45, 2.75) is 6.42 Å². The average Bonchev–Trinajstić information content (AvgIpc) is 1.81. The first kappa shape index (κ1) is 8.27. The second-order valence-electron chi connectivity index (χ2n) is 1.38. The molecule has 0 saturated heterocycles. The molecule has 0 radical (unpaired) electrons. The molecule has 0 amide bonds. The van der Waals surface area contributed by atoms with Gasteiger partial charge in [0, 0.05) is 20.3 Å². The van der Waals surface area contributed by atoms with E-state index in [1.165, 1.54) is 0 Å². The van der Waals surface area contributed by atoms with Gasteiger partial charge in [0.05, 0.1) is 5.94 Å². The monoisotopic (exact) mass is 136 g/mol. The van der Waals surface area contributed by atoms with Crippen molar-refractivity contribution in [3.05, 3.63) is 0 Å². The predicted molar refractivity (Wildman–Crippen MR) is 36.3 cm³/mol. The van der Waals surface area contributed by atoms with Crippen molar-refractivity contribution in [1.29, 1.82) is 0 Å². The Morgan fingerprint density at radius 2 is 2.12 bits per heavy atom. The zero-order valence-corrected chi connectivity index (χ0v) is 5.99. The molecule has 0 unspecified atom stereocenters. The average molecular weight is 136 g/mol. The van der Waals surface area contributed by atoms with Gasteiger partial charge in [0.1, 0.15) is 0 Å². The van der Waals surface area contributed by atoms with Crippen LogP contribution in [0.1, 0.15) is 6.42 Å². The third-order valence-corrected chi connectivity index (χ3v) is 0.911. The van der Waals surface area contributed by atoms with Gasteiger partial charge in [-0.2, -0.15) is 12.6 Å². The molecule has 8 heavy (non-hydrogen) atoms. The summed E-state index contributed by atoms with van der Waals surface area (Å²) in [6.45, 7) is 1.52. The Hall–Kier alpha value is 0.270. The Balaban J connectivity index is 2.53. The molecule has 0 spiro atoms. The molecule has 0 aliphatic carbocycles. The SMILES string of the molecule is COCCCOCS. The number of hydrogen-bond acceptors (Lipinski definition) is 3. The number of methoxy groups -OCH3 is 1. The summed E-state index contributed by atoms with van der Waals surface area (Å²) in [4.78, 5) is 0. The molecule has 3 heteroatoms. The minimum absolute atomic E-state index is 0.504. The van der Waals surface area contributed by atoms with Crippen molar-refractivity contribution < 1.29 is 9.47 Å². The Labute approximate surface area is 55.6 Å². The fraction of sp³-hybridized carbons (Fsp3) is 1.00. The van der Waals surface area contributed by atoms with E-state index in [1.807, 2.05) is 0 Å². The van der Waals surface area contributed by atoms with Crippen LogP contribution in [0.2, 0.25) is 0 Å². The molecule has 0 aromatic heterocycles. The summed E-state index contributed by atoms with van der Waals surface area (Å²) in [5.74, 6) is 0.504. The molecule has 0 heterocycles. The van der Waals surface area contributed by atoms with E-state index in [0.29, 0.717) is 5.94 Å². The summed E-state index contributed by atoms with van der Waals surface area (Å²) >= 11 is 3.86. The Morgan fingerprint density at radius 3 is 2.62 bits per heavy atom. The highest BCUT2D eigenvalue weighted by Crippen LogP contribution is 1.83. The van der Waals surface area contributed by atoms with Crippen LogP contribution >= 0.6 is 12.6 Å². The Bertz CT molecular complexity index is 35.4. The molecule has 0 aromatic carbocycles. The molecule has 0 atom stereocenters. The van der Waals surface area contributed by atoms with Crippen LogP contribution in [0, 0.1) is 0 Å². The lowest BCUT2D eigenvalue weighted by Crippen LogP contribution is -1.96. The van der Waals surface area contributed by atoms with Crippen LogP contribution in [-0.2, 0) is 9.47 Å². The maximum absolute atomic E-state index is 4.92. The highest BCUT2D eigenvalue weighted by molar-refractivity contribution is 7.80. The summed E-state index contributed by atoms with van der Waals surface area (Å²) in [5.41, 5.74) is 0. The molecule has 0 aliphatic rings. The largest absolute Gasteiger partial charge is 0.385 e. The van der Waals surface area contributed by atoms with Crippen LogP contribution < -0.4 is 0 Å². The number of hydrogen-bond donors (Lipinski definition) is 1. The quantitative estimate of drug-likeness (QED) is 0.344. The molecule has 2 nitrogen and oxygen atoms in total. The standard InChI is InChI=1S/C5H12O2S/c1-6-3-2-4-7-5-8/h8H,2-5H2,1H3. The first-order valence-corrected chi connectivity index (χ1v) is 3.22. The maximum Gasteiger partial charge on any atom is 0.0892 e. The highest BCUT2D eigenvalue weighted by atomic mass is 32.1. The van der Waals surface area contributed by atoms with E-state index in [4.69, 9.17) is 9.47 Å². The molecule has 0 bridgehead atoms. The smallest absolute Gasteiger partial charge is 0.0892 e. The number of thiol groups is 1. The van der Waals surface area contributed by atoms with E-state index >= 15 is 0 Å². The minimum Gasteiger partial charge on any atom is -0.385 e. The number of rotatable bonds is 5. The van der Waals surface area contributed by atoms with Gasteiger partial charge >= 0.3 is 0 Å². The van der Waals surface area contributed by atoms with Crippen molar-refractivity contribution in [2.24, 2.45) is 0 Å². The van der Waals surface area contributed by atoms with E-state index in [1.54, 1.807) is 7.11 Å². The summed E-state index contributed by atoms with van der Waals surface area (Å²) in [7, 11) is 1.68. The third-order valence-electron chi connectivity index (χ3n) is 0.728. The molecule has 50 valence electrons. The molecular formula is C5H12O2S. The van der Waals surface area contributed by atoms with E-state index in [9.17, 15) is 0 Å². The first-order valence-electron chi connectivity index (χ1n) is 2.59. The van der Waals surface area contributed by atoms with Gasteiger partial charge in [-0.15, -0.1) is 0 Å². The Kier molecular flexibility index (Phi) is 7.52. The second-order valence-corrected chi connectivity index (χ2v) is 1.64. The van der Waals surface area contributed by atoms with Crippen LogP contribution in [0.3, 0.4) is 0 Å². The zero-order valence-electron chi connectivity index (χ0n) is 5.09. The van der Waals surface area contributed by atoms with Crippen molar-refractivity contribution in [2.75, 3.05) is 26.3 Å².